The summed E-state index contributed by atoms with van der Waals surface area (Å²) in [7, 11) is 0. The number of halogens is 1. The second-order valence-corrected chi connectivity index (χ2v) is 5.27. The van der Waals surface area contributed by atoms with Crippen LogP contribution in [-0.2, 0) is 0 Å². The van der Waals surface area contributed by atoms with Gasteiger partial charge in [-0.3, -0.25) is 4.98 Å². The highest BCUT2D eigenvalue weighted by molar-refractivity contribution is 6.30. The highest BCUT2D eigenvalue weighted by Gasteiger charge is 2.11. The first-order valence-corrected chi connectivity index (χ1v) is 7.12. The second kappa shape index (κ2) is 5.24. The molecule has 2 heterocycles. The van der Waals surface area contributed by atoms with Crippen LogP contribution >= 0.6 is 11.6 Å². The molecule has 22 heavy (non-hydrogen) atoms. The molecule has 106 valence electrons. The van der Waals surface area contributed by atoms with Crippen molar-refractivity contribution < 1.29 is 4.42 Å². The first-order valence-electron chi connectivity index (χ1n) is 6.74. The number of benzene rings is 2. The van der Waals surface area contributed by atoms with Crippen LogP contribution in [0.15, 0.2) is 65.2 Å². The van der Waals surface area contributed by atoms with Crippen LogP contribution in [0.2, 0.25) is 5.02 Å². The molecule has 4 rings (SSSR count). The van der Waals surface area contributed by atoms with Crippen molar-refractivity contribution in [3.63, 3.8) is 0 Å². The summed E-state index contributed by atoms with van der Waals surface area (Å²) in [6.07, 6.45) is 1.77. The zero-order valence-corrected chi connectivity index (χ0v) is 12.2. The van der Waals surface area contributed by atoms with Gasteiger partial charge in [0.1, 0.15) is 0 Å². The summed E-state index contributed by atoms with van der Waals surface area (Å²) >= 11 is 5.88. The van der Waals surface area contributed by atoms with E-state index >= 15 is 0 Å². The molecule has 4 aromatic rings. The number of fused-ring (bicyclic) bond motifs is 1. The first kappa shape index (κ1) is 13.0. The molecule has 0 aliphatic heterocycles. The normalized spacial score (nSPS) is 11.0. The van der Waals surface area contributed by atoms with Crippen molar-refractivity contribution in [3.05, 3.63) is 65.8 Å². The monoisotopic (exact) mass is 307 g/mol. The molecule has 0 unspecified atom stereocenters. The van der Waals surface area contributed by atoms with Gasteiger partial charge in [0.05, 0.1) is 5.52 Å². The fraction of sp³-hybridized carbons (Fsp3) is 0. The standard InChI is InChI=1S/C17H10ClN3O/c18-14-6-3-11(4-7-14)16-20-21-17(22-16)13-5-8-15-12(10-13)2-1-9-19-15/h1-10H. The lowest BCUT2D eigenvalue weighted by Crippen LogP contribution is -1.81. The molecule has 0 saturated heterocycles. The van der Waals surface area contributed by atoms with E-state index in [2.05, 4.69) is 15.2 Å². The molecule has 0 aliphatic carbocycles. The van der Waals surface area contributed by atoms with E-state index in [1.807, 2.05) is 42.5 Å². The molecule has 0 saturated carbocycles. The van der Waals surface area contributed by atoms with Gasteiger partial charge in [-0.25, -0.2) is 0 Å². The molecule has 2 aromatic carbocycles. The molecular formula is C17H10ClN3O. The minimum atomic E-state index is 0.470. The van der Waals surface area contributed by atoms with E-state index in [9.17, 15) is 0 Å². The van der Waals surface area contributed by atoms with Crippen LogP contribution in [-0.4, -0.2) is 15.2 Å². The largest absolute Gasteiger partial charge is 0.416 e. The van der Waals surface area contributed by atoms with Gasteiger partial charge in [0.25, 0.3) is 0 Å². The van der Waals surface area contributed by atoms with Gasteiger partial charge in [0.2, 0.25) is 11.8 Å². The summed E-state index contributed by atoms with van der Waals surface area (Å²) in [5, 5.41) is 9.92. The summed E-state index contributed by atoms with van der Waals surface area (Å²) < 4.78 is 5.76. The molecule has 0 aliphatic rings. The summed E-state index contributed by atoms with van der Waals surface area (Å²) in [5.41, 5.74) is 2.64. The first-order chi connectivity index (χ1) is 10.8. The minimum absolute atomic E-state index is 0.470. The van der Waals surface area contributed by atoms with Gasteiger partial charge >= 0.3 is 0 Å². The Balaban J connectivity index is 1.74. The van der Waals surface area contributed by atoms with E-state index in [0.29, 0.717) is 16.8 Å². The molecule has 0 bridgehead atoms. The lowest BCUT2D eigenvalue weighted by molar-refractivity contribution is 0.584. The minimum Gasteiger partial charge on any atom is -0.416 e. The Bertz CT molecular complexity index is 947. The molecule has 4 nitrogen and oxygen atoms in total. The summed E-state index contributed by atoms with van der Waals surface area (Å²) in [6.45, 7) is 0. The predicted octanol–water partition coefficient (Wildman–Crippen LogP) is 4.61. The lowest BCUT2D eigenvalue weighted by Gasteiger charge is -1.99. The number of rotatable bonds is 2. The maximum atomic E-state index is 5.88. The SMILES string of the molecule is Clc1ccc(-c2nnc(-c3ccc4ncccc4c3)o2)cc1. The van der Waals surface area contributed by atoms with Crippen molar-refractivity contribution in [3.8, 4) is 22.9 Å². The third kappa shape index (κ3) is 2.34. The Morgan fingerprint density at radius 3 is 2.36 bits per heavy atom. The molecule has 0 N–H and O–H groups in total. The number of nitrogens with zero attached hydrogens (tertiary/aromatic N) is 3. The molecule has 0 amide bonds. The highest BCUT2D eigenvalue weighted by atomic mass is 35.5. The van der Waals surface area contributed by atoms with E-state index < -0.39 is 0 Å². The van der Waals surface area contributed by atoms with Gasteiger partial charge in [0.15, 0.2) is 0 Å². The topological polar surface area (TPSA) is 51.8 Å². The Kier molecular flexibility index (Phi) is 3.09. The quantitative estimate of drug-likeness (QED) is 0.543. The maximum absolute atomic E-state index is 5.88. The predicted molar refractivity (Wildman–Crippen MR) is 85.5 cm³/mol. The van der Waals surface area contributed by atoms with E-state index in [1.165, 1.54) is 0 Å². The molecular weight excluding hydrogens is 298 g/mol. The molecule has 0 radical (unpaired) electrons. The van der Waals surface area contributed by atoms with Gasteiger partial charge in [-0.15, -0.1) is 10.2 Å². The number of pyridine rings is 1. The third-order valence-electron chi connectivity index (χ3n) is 3.37. The number of aromatic nitrogens is 3. The van der Waals surface area contributed by atoms with Crippen molar-refractivity contribution in [2.75, 3.05) is 0 Å². The van der Waals surface area contributed by atoms with Crippen LogP contribution in [0.5, 0.6) is 0 Å². The van der Waals surface area contributed by atoms with E-state index in [-0.39, 0.29) is 0 Å². The molecule has 2 aromatic heterocycles. The molecule has 5 heteroatoms. The smallest absolute Gasteiger partial charge is 0.248 e. The third-order valence-corrected chi connectivity index (χ3v) is 3.62. The Morgan fingerprint density at radius 2 is 1.55 bits per heavy atom. The summed E-state index contributed by atoms with van der Waals surface area (Å²) in [5.74, 6) is 0.952. The fourth-order valence-electron chi connectivity index (χ4n) is 2.26. The fourth-order valence-corrected chi connectivity index (χ4v) is 2.38. The van der Waals surface area contributed by atoms with Crippen LogP contribution in [0.1, 0.15) is 0 Å². The Hall–Kier alpha value is -2.72. The van der Waals surface area contributed by atoms with Gasteiger partial charge in [-0.05, 0) is 48.5 Å². The lowest BCUT2D eigenvalue weighted by atomic mass is 10.1. The summed E-state index contributed by atoms with van der Waals surface area (Å²) in [4.78, 5) is 4.30. The van der Waals surface area contributed by atoms with Crippen LogP contribution in [0.4, 0.5) is 0 Å². The van der Waals surface area contributed by atoms with E-state index in [4.69, 9.17) is 16.0 Å². The summed E-state index contributed by atoms with van der Waals surface area (Å²) in [6, 6.07) is 17.0. The van der Waals surface area contributed by atoms with Gasteiger partial charge in [-0.2, -0.15) is 0 Å². The van der Waals surface area contributed by atoms with Crippen molar-refractivity contribution >= 4 is 22.5 Å². The van der Waals surface area contributed by atoms with Gasteiger partial charge in [-0.1, -0.05) is 17.7 Å². The van der Waals surface area contributed by atoms with Crippen molar-refractivity contribution in [1.29, 1.82) is 0 Å². The van der Waals surface area contributed by atoms with Crippen molar-refractivity contribution in [2.24, 2.45) is 0 Å². The average molecular weight is 308 g/mol. The van der Waals surface area contributed by atoms with Crippen molar-refractivity contribution in [2.45, 2.75) is 0 Å². The molecule has 0 atom stereocenters. The van der Waals surface area contributed by atoms with Gasteiger partial charge in [0, 0.05) is 27.7 Å². The van der Waals surface area contributed by atoms with Crippen molar-refractivity contribution in [1.82, 2.24) is 15.2 Å². The van der Waals surface area contributed by atoms with E-state index in [0.717, 1.165) is 22.0 Å². The number of hydrogen-bond donors (Lipinski definition) is 0. The zero-order valence-electron chi connectivity index (χ0n) is 11.4. The number of hydrogen-bond acceptors (Lipinski definition) is 4. The Labute approximate surface area is 131 Å². The highest BCUT2D eigenvalue weighted by Crippen LogP contribution is 2.26. The van der Waals surface area contributed by atoms with Crippen LogP contribution in [0, 0.1) is 0 Å². The van der Waals surface area contributed by atoms with Crippen LogP contribution in [0.3, 0.4) is 0 Å². The maximum Gasteiger partial charge on any atom is 0.248 e. The van der Waals surface area contributed by atoms with Gasteiger partial charge < -0.3 is 4.42 Å². The average Bonchev–Trinajstić information content (AvgIpc) is 3.05. The van der Waals surface area contributed by atoms with Crippen LogP contribution in [0.25, 0.3) is 33.8 Å². The zero-order chi connectivity index (χ0) is 14.9. The van der Waals surface area contributed by atoms with Crippen LogP contribution < -0.4 is 0 Å². The molecule has 0 spiro atoms. The Morgan fingerprint density at radius 1 is 0.818 bits per heavy atom. The molecule has 0 fully saturated rings. The van der Waals surface area contributed by atoms with E-state index in [1.54, 1.807) is 18.3 Å². The second-order valence-electron chi connectivity index (χ2n) is 4.83.